The third-order valence-corrected chi connectivity index (χ3v) is 2.62. The van der Waals surface area contributed by atoms with Crippen LogP contribution in [0.15, 0.2) is 6.07 Å². The molecular formula is C9H9Cl2N3O. The average Bonchev–Trinajstić information content (AvgIpc) is 2.43. The van der Waals surface area contributed by atoms with Crippen molar-refractivity contribution in [1.29, 1.82) is 0 Å². The molecule has 0 spiro atoms. The van der Waals surface area contributed by atoms with Crippen LogP contribution in [0.25, 0.3) is 0 Å². The molecular weight excluding hydrogens is 237 g/mol. The highest BCUT2D eigenvalue weighted by molar-refractivity contribution is 6.29. The maximum atomic E-state index is 11.5. The summed E-state index contributed by atoms with van der Waals surface area (Å²) in [5.41, 5.74) is 0.732. The first-order valence-electron chi connectivity index (χ1n) is 4.52. The number of halogens is 2. The molecule has 1 aromatic rings. The minimum absolute atomic E-state index is 0.0586. The summed E-state index contributed by atoms with van der Waals surface area (Å²) in [5, 5.41) is 0.170. The molecule has 1 aliphatic rings. The zero-order valence-corrected chi connectivity index (χ0v) is 9.59. The topological polar surface area (TPSA) is 46.1 Å². The predicted molar refractivity (Wildman–Crippen MR) is 58.4 cm³/mol. The second-order valence-corrected chi connectivity index (χ2v) is 4.44. The summed E-state index contributed by atoms with van der Waals surface area (Å²) in [5.74, 6) is 0.282. The fourth-order valence-corrected chi connectivity index (χ4v) is 2.00. The van der Waals surface area contributed by atoms with E-state index in [2.05, 4.69) is 9.97 Å². The number of alkyl halides is 1. The Hall–Kier alpha value is -0.870. The summed E-state index contributed by atoms with van der Waals surface area (Å²) in [6.45, 7) is 2.25. The van der Waals surface area contributed by atoms with Crippen LogP contribution in [-0.4, -0.2) is 27.8 Å². The Balaban J connectivity index is 2.33. The second-order valence-electron chi connectivity index (χ2n) is 3.44. The highest BCUT2D eigenvalue weighted by Crippen LogP contribution is 2.22. The van der Waals surface area contributed by atoms with Gasteiger partial charge in [0.2, 0.25) is 11.9 Å². The Kier molecular flexibility index (Phi) is 2.80. The molecule has 1 unspecified atom stereocenters. The first-order chi connectivity index (χ1) is 7.06. The number of aryl methyl sites for hydroxylation is 1. The van der Waals surface area contributed by atoms with Gasteiger partial charge in [-0.15, -0.1) is 11.6 Å². The van der Waals surface area contributed by atoms with Crippen LogP contribution in [0.3, 0.4) is 0 Å². The number of rotatable bonds is 1. The number of aromatic nitrogens is 2. The van der Waals surface area contributed by atoms with E-state index in [1.54, 1.807) is 13.0 Å². The molecule has 0 aromatic carbocycles. The zero-order chi connectivity index (χ0) is 11.0. The Morgan fingerprint density at radius 1 is 1.53 bits per heavy atom. The number of carbonyl (C=O) groups is 1. The molecule has 1 atom stereocenters. The summed E-state index contributed by atoms with van der Waals surface area (Å²) < 4.78 is 0. The van der Waals surface area contributed by atoms with Crippen LogP contribution in [0.5, 0.6) is 0 Å². The molecule has 2 rings (SSSR count). The first-order valence-corrected chi connectivity index (χ1v) is 5.33. The van der Waals surface area contributed by atoms with Crippen molar-refractivity contribution >= 4 is 35.1 Å². The third-order valence-electron chi connectivity index (χ3n) is 2.13. The molecule has 1 fully saturated rings. The van der Waals surface area contributed by atoms with Crippen molar-refractivity contribution in [3.63, 3.8) is 0 Å². The lowest BCUT2D eigenvalue weighted by Crippen LogP contribution is -2.26. The molecule has 1 amide bonds. The molecule has 0 saturated carbocycles. The van der Waals surface area contributed by atoms with Crippen molar-refractivity contribution < 1.29 is 4.79 Å². The maximum absolute atomic E-state index is 11.5. The fraction of sp³-hybridized carbons (Fsp3) is 0.444. The van der Waals surface area contributed by atoms with Crippen molar-refractivity contribution in [1.82, 2.24) is 9.97 Å². The lowest BCUT2D eigenvalue weighted by molar-refractivity contribution is -0.117. The number of hydrogen-bond acceptors (Lipinski definition) is 3. The monoisotopic (exact) mass is 245 g/mol. The molecule has 0 bridgehead atoms. The number of nitrogens with zero attached hydrogens (tertiary/aromatic N) is 3. The largest absolute Gasteiger partial charge is 0.279 e. The van der Waals surface area contributed by atoms with Crippen LogP contribution in [-0.2, 0) is 4.79 Å². The van der Waals surface area contributed by atoms with Crippen LogP contribution in [0, 0.1) is 6.92 Å². The predicted octanol–water partition coefficient (Wildman–Crippen LogP) is 1.78. The summed E-state index contributed by atoms with van der Waals surface area (Å²) >= 11 is 11.7. The van der Waals surface area contributed by atoms with Gasteiger partial charge >= 0.3 is 0 Å². The third kappa shape index (κ3) is 2.21. The van der Waals surface area contributed by atoms with Gasteiger partial charge in [0.15, 0.2) is 0 Å². The molecule has 15 heavy (non-hydrogen) atoms. The summed E-state index contributed by atoms with van der Waals surface area (Å²) in [6.07, 6.45) is 0.330. The molecule has 0 aliphatic carbocycles. The van der Waals surface area contributed by atoms with Gasteiger partial charge in [-0.25, -0.2) is 9.97 Å². The van der Waals surface area contributed by atoms with Crippen LogP contribution >= 0.6 is 23.2 Å². The van der Waals surface area contributed by atoms with Gasteiger partial charge in [0.05, 0.1) is 5.38 Å². The van der Waals surface area contributed by atoms with E-state index in [1.807, 2.05) is 0 Å². The Labute approximate surface area is 97.2 Å². The van der Waals surface area contributed by atoms with E-state index >= 15 is 0 Å². The van der Waals surface area contributed by atoms with Gasteiger partial charge in [-0.3, -0.25) is 9.69 Å². The molecule has 80 valence electrons. The molecule has 1 aliphatic heterocycles. The number of carbonyl (C=O) groups excluding carboxylic acids is 1. The minimum Gasteiger partial charge on any atom is -0.279 e. The molecule has 2 heterocycles. The van der Waals surface area contributed by atoms with Crippen molar-refractivity contribution in [2.45, 2.75) is 18.7 Å². The highest BCUT2D eigenvalue weighted by atomic mass is 35.5. The van der Waals surface area contributed by atoms with Gasteiger partial charge in [-0.2, -0.15) is 0 Å². The first kappa shape index (κ1) is 10.6. The molecule has 0 radical (unpaired) electrons. The SMILES string of the molecule is Cc1cc(Cl)nc(N2CC(Cl)CC2=O)n1. The molecule has 6 heteroatoms. The number of anilines is 1. The Morgan fingerprint density at radius 2 is 2.27 bits per heavy atom. The minimum atomic E-state index is -0.166. The average molecular weight is 246 g/mol. The zero-order valence-electron chi connectivity index (χ0n) is 8.07. The Morgan fingerprint density at radius 3 is 2.80 bits per heavy atom. The van der Waals surface area contributed by atoms with E-state index in [-0.39, 0.29) is 11.3 Å². The normalized spacial score (nSPS) is 21.1. The van der Waals surface area contributed by atoms with Gasteiger partial charge in [-0.05, 0) is 13.0 Å². The van der Waals surface area contributed by atoms with E-state index in [9.17, 15) is 4.79 Å². The van der Waals surface area contributed by atoms with E-state index in [0.717, 1.165) is 5.69 Å². The summed E-state index contributed by atoms with van der Waals surface area (Å²) in [7, 11) is 0. The highest BCUT2D eigenvalue weighted by Gasteiger charge is 2.31. The van der Waals surface area contributed by atoms with Crippen molar-refractivity contribution in [3.05, 3.63) is 16.9 Å². The van der Waals surface area contributed by atoms with Crippen molar-refractivity contribution in [2.24, 2.45) is 0 Å². The Bertz CT molecular complexity index is 390. The van der Waals surface area contributed by atoms with Crippen molar-refractivity contribution in [3.8, 4) is 0 Å². The standard InChI is InChI=1S/C9H9Cl2N3O/c1-5-2-7(11)13-9(12-5)14-4-6(10)3-8(14)15/h2,6H,3-4H2,1H3. The van der Waals surface area contributed by atoms with Crippen LogP contribution in [0.2, 0.25) is 5.15 Å². The molecule has 1 aromatic heterocycles. The van der Waals surface area contributed by atoms with E-state index in [4.69, 9.17) is 23.2 Å². The molecule has 0 N–H and O–H groups in total. The molecule has 1 saturated heterocycles. The summed E-state index contributed by atoms with van der Waals surface area (Å²) in [4.78, 5) is 21.1. The van der Waals surface area contributed by atoms with E-state index in [0.29, 0.717) is 24.1 Å². The van der Waals surface area contributed by atoms with E-state index in [1.165, 1.54) is 4.90 Å². The van der Waals surface area contributed by atoms with Crippen LogP contribution in [0.1, 0.15) is 12.1 Å². The second kappa shape index (κ2) is 3.94. The number of amides is 1. The lowest BCUT2D eigenvalue weighted by atomic mass is 10.4. The van der Waals surface area contributed by atoms with Gasteiger partial charge in [0.25, 0.3) is 0 Å². The quantitative estimate of drug-likeness (QED) is 0.560. The van der Waals surface area contributed by atoms with Gasteiger partial charge in [-0.1, -0.05) is 11.6 Å². The molecule has 4 nitrogen and oxygen atoms in total. The smallest absolute Gasteiger partial charge is 0.233 e. The van der Waals surface area contributed by atoms with Gasteiger partial charge in [0.1, 0.15) is 5.15 Å². The van der Waals surface area contributed by atoms with Crippen molar-refractivity contribution in [2.75, 3.05) is 11.4 Å². The van der Waals surface area contributed by atoms with Crippen LogP contribution in [0.4, 0.5) is 5.95 Å². The fourth-order valence-electron chi connectivity index (χ4n) is 1.49. The maximum Gasteiger partial charge on any atom is 0.233 e. The lowest BCUT2D eigenvalue weighted by Gasteiger charge is -2.13. The van der Waals surface area contributed by atoms with Crippen LogP contribution < -0.4 is 4.90 Å². The van der Waals surface area contributed by atoms with Gasteiger partial charge in [0, 0.05) is 18.7 Å². The summed E-state index contributed by atoms with van der Waals surface area (Å²) in [6, 6.07) is 1.64. The van der Waals surface area contributed by atoms with Gasteiger partial charge < -0.3 is 0 Å². The van der Waals surface area contributed by atoms with E-state index < -0.39 is 0 Å². The number of hydrogen-bond donors (Lipinski definition) is 0.